The van der Waals surface area contributed by atoms with E-state index in [0.29, 0.717) is 0 Å². The van der Waals surface area contributed by atoms with Crippen LogP contribution in [0.15, 0.2) is 24.3 Å². The lowest BCUT2D eigenvalue weighted by Crippen LogP contribution is -2.36. The first-order valence-corrected chi connectivity index (χ1v) is 7.47. The number of aryl methyl sites for hydroxylation is 1. The summed E-state index contributed by atoms with van der Waals surface area (Å²) in [6.45, 7) is 6.21. The fourth-order valence-corrected chi connectivity index (χ4v) is 2.53. The summed E-state index contributed by atoms with van der Waals surface area (Å²) < 4.78 is 5.24. The maximum Gasteiger partial charge on any atom is 0.306 e. The maximum atomic E-state index is 12.3. The number of amides is 1. The molecule has 0 spiro atoms. The molecule has 4 heteroatoms. The third-order valence-corrected chi connectivity index (χ3v) is 3.37. The van der Waals surface area contributed by atoms with Crippen molar-refractivity contribution in [1.29, 1.82) is 0 Å². The van der Waals surface area contributed by atoms with Crippen LogP contribution < -0.4 is 4.90 Å². The highest BCUT2D eigenvalue weighted by atomic mass is 16.6. The molecule has 0 atom stereocenters. The molecule has 0 saturated carbocycles. The molecule has 1 aliphatic heterocycles. The van der Waals surface area contributed by atoms with Crippen LogP contribution in [-0.4, -0.2) is 24.0 Å². The van der Waals surface area contributed by atoms with E-state index < -0.39 is 5.60 Å². The van der Waals surface area contributed by atoms with Crippen LogP contribution in [0.2, 0.25) is 0 Å². The predicted octanol–water partition coefficient (Wildman–Crippen LogP) is 3.09. The van der Waals surface area contributed by atoms with E-state index in [1.165, 1.54) is 5.56 Å². The van der Waals surface area contributed by atoms with Gasteiger partial charge < -0.3 is 9.64 Å². The van der Waals surface area contributed by atoms with Crippen molar-refractivity contribution in [3.05, 3.63) is 29.8 Å². The maximum absolute atomic E-state index is 12.3. The van der Waals surface area contributed by atoms with Crippen molar-refractivity contribution in [1.82, 2.24) is 0 Å². The van der Waals surface area contributed by atoms with Crippen LogP contribution in [0.4, 0.5) is 5.69 Å². The third-order valence-electron chi connectivity index (χ3n) is 3.37. The highest BCUT2D eigenvalue weighted by Gasteiger charge is 2.23. The standard InChI is InChI=1S/C17H23NO3/c1-17(2,3)21-16(20)11-10-15(19)18-12-6-8-13-7-4-5-9-14(13)18/h4-5,7,9H,6,8,10-12H2,1-3H3. The van der Waals surface area contributed by atoms with Crippen molar-refractivity contribution in [2.24, 2.45) is 0 Å². The molecule has 0 N–H and O–H groups in total. The van der Waals surface area contributed by atoms with Crippen LogP contribution in [0.3, 0.4) is 0 Å². The molecule has 2 rings (SSSR count). The largest absolute Gasteiger partial charge is 0.460 e. The van der Waals surface area contributed by atoms with Gasteiger partial charge in [-0.3, -0.25) is 9.59 Å². The number of carbonyl (C=O) groups is 2. The molecule has 0 aliphatic carbocycles. The highest BCUT2D eigenvalue weighted by molar-refractivity contribution is 5.96. The first-order valence-electron chi connectivity index (χ1n) is 7.47. The smallest absolute Gasteiger partial charge is 0.306 e. The number of carbonyl (C=O) groups excluding carboxylic acids is 2. The van der Waals surface area contributed by atoms with E-state index in [2.05, 4.69) is 6.07 Å². The van der Waals surface area contributed by atoms with Crippen LogP contribution >= 0.6 is 0 Å². The minimum absolute atomic E-state index is 0.00647. The lowest BCUT2D eigenvalue weighted by molar-refractivity contribution is -0.155. The van der Waals surface area contributed by atoms with Gasteiger partial charge in [-0.25, -0.2) is 0 Å². The van der Waals surface area contributed by atoms with Gasteiger partial charge in [0.15, 0.2) is 0 Å². The molecular weight excluding hydrogens is 266 g/mol. The topological polar surface area (TPSA) is 46.6 Å². The van der Waals surface area contributed by atoms with Crippen molar-refractivity contribution in [3.63, 3.8) is 0 Å². The van der Waals surface area contributed by atoms with Gasteiger partial charge >= 0.3 is 5.97 Å². The summed E-state index contributed by atoms with van der Waals surface area (Å²) in [5.74, 6) is -0.325. The van der Waals surface area contributed by atoms with Gasteiger partial charge in [0.2, 0.25) is 5.91 Å². The van der Waals surface area contributed by atoms with Crippen LogP contribution in [0, 0.1) is 0 Å². The van der Waals surface area contributed by atoms with Crippen LogP contribution in [-0.2, 0) is 20.7 Å². The predicted molar refractivity (Wildman–Crippen MR) is 82.2 cm³/mol. The van der Waals surface area contributed by atoms with E-state index >= 15 is 0 Å². The summed E-state index contributed by atoms with van der Waals surface area (Å²) in [5, 5.41) is 0. The lowest BCUT2D eigenvalue weighted by atomic mass is 10.0. The fraction of sp³-hybridized carbons (Fsp3) is 0.529. The number of hydrogen-bond acceptors (Lipinski definition) is 3. The Hall–Kier alpha value is -1.84. The first kappa shape index (κ1) is 15.5. The van der Waals surface area contributed by atoms with Gasteiger partial charge in [-0.05, 0) is 45.2 Å². The Kier molecular flexibility index (Phi) is 4.66. The zero-order valence-electron chi connectivity index (χ0n) is 13.0. The summed E-state index contributed by atoms with van der Waals surface area (Å²) >= 11 is 0. The second-order valence-corrected chi connectivity index (χ2v) is 6.36. The molecule has 0 bridgehead atoms. The normalized spacial score (nSPS) is 14.5. The number of ether oxygens (including phenoxy) is 1. The molecule has 1 amide bonds. The molecule has 1 aromatic rings. The van der Waals surface area contributed by atoms with Gasteiger partial charge in [0.1, 0.15) is 5.60 Å². The molecule has 1 heterocycles. The second kappa shape index (κ2) is 6.29. The molecule has 0 saturated heterocycles. The van der Waals surface area contributed by atoms with Crippen molar-refractivity contribution in [2.45, 2.75) is 52.1 Å². The SMILES string of the molecule is CC(C)(C)OC(=O)CCC(=O)N1CCCc2ccccc21. The Morgan fingerprint density at radius 1 is 1.19 bits per heavy atom. The van der Waals surface area contributed by atoms with Crippen molar-refractivity contribution in [2.75, 3.05) is 11.4 Å². The van der Waals surface area contributed by atoms with Crippen molar-refractivity contribution >= 4 is 17.6 Å². The molecule has 0 radical (unpaired) electrons. The minimum atomic E-state index is -0.502. The number of anilines is 1. The fourth-order valence-electron chi connectivity index (χ4n) is 2.53. The number of nitrogens with zero attached hydrogens (tertiary/aromatic N) is 1. The van der Waals surface area contributed by atoms with E-state index in [1.54, 1.807) is 4.90 Å². The van der Waals surface area contributed by atoms with Gasteiger partial charge in [-0.2, -0.15) is 0 Å². The van der Waals surface area contributed by atoms with Crippen LogP contribution in [0.5, 0.6) is 0 Å². The van der Waals surface area contributed by atoms with E-state index in [4.69, 9.17) is 4.74 Å². The summed E-state index contributed by atoms with van der Waals surface area (Å²) in [7, 11) is 0. The van der Waals surface area contributed by atoms with E-state index in [1.807, 2.05) is 39.0 Å². The molecular formula is C17H23NO3. The molecule has 21 heavy (non-hydrogen) atoms. The molecule has 0 unspecified atom stereocenters. The van der Waals surface area contributed by atoms with E-state index in [9.17, 15) is 9.59 Å². The van der Waals surface area contributed by atoms with Crippen LogP contribution in [0.25, 0.3) is 0 Å². The molecule has 0 aromatic heterocycles. The molecule has 0 fully saturated rings. The van der Waals surface area contributed by atoms with Gasteiger partial charge in [-0.1, -0.05) is 18.2 Å². The first-order chi connectivity index (χ1) is 9.87. The average molecular weight is 289 g/mol. The van der Waals surface area contributed by atoms with E-state index in [-0.39, 0.29) is 24.7 Å². The van der Waals surface area contributed by atoms with Gasteiger partial charge in [0.25, 0.3) is 0 Å². The molecule has 114 valence electrons. The Morgan fingerprint density at radius 2 is 1.90 bits per heavy atom. The monoisotopic (exact) mass is 289 g/mol. The minimum Gasteiger partial charge on any atom is -0.460 e. The zero-order valence-corrected chi connectivity index (χ0v) is 13.0. The number of benzene rings is 1. The van der Waals surface area contributed by atoms with Crippen molar-refractivity contribution in [3.8, 4) is 0 Å². The second-order valence-electron chi connectivity index (χ2n) is 6.36. The molecule has 1 aromatic carbocycles. The molecule has 1 aliphatic rings. The Morgan fingerprint density at radius 3 is 2.62 bits per heavy atom. The summed E-state index contributed by atoms with van der Waals surface area (Å²) in [6, 6.07) is 7.97. The van der Waals surface area contributed by atoms with E-state index in [0.717, 1.165) is 25.1 Å². The Bertz CT molecular complexity index is 531. The third kappa shape index (κ3) is 4.31. The average Bonchev–Trinajstić information content (AvgIpc) is 2.42. The summed E-state index contributed by atoms with van der Waals surface area (Å²) in [6.07, 6.45) is 2.30. The Balaban J connectivity index is 1.95. The highest BCUT2D eigenvalue weighted by Crippen LogP contribution is 2.27. The number of hydrogen-bond donors (Lipinski definition) is 0. The number of fused-ring (bicyclic) bond motifs is 1. The number of esters is 1. The molecule has 4 nitrogen and oxygen atoms in total. The van der Waals surface area contributed by atoms with Crippen LogP contribution in [0.1, 0.15) is 45.6 Å². The quantitative estimate of drug-likeness (QED) is 0.803. The Labute approximate surface area is 126 Å². The number of para-hydroxylation sites is 1. The zero-order chi connectivity index (χ0) is 15.5. The summed E-state index contributed by atoms with van der Waals surface area (Å²) in [4.78, 5) is 25.8. The number of rotatable bonds is 3. The lowest BCUT2D eigenvalue weighted by Gasteiger charge is -2.29. The van der Waals surface area contributed by atoms with Crippen molar-refractivity contribution < 1.29 is 14.3 Å². The van der Waals surface area contributed by atoms with Gasteiger partial charge in [0.05, 0.1) is 6.42 Å². The summed E-state index contributed by atoms with van der Waals surface area (Å²) in [5.41, 5.74) is 1.69. The van der Waals surface area contributed by atoms with Gasteiger partial charge in [0, 0.05) is 18.7 Å². The van der Waals surface area contributed by atoms with Gasteiger partial charge in [-0.15, -0.1) is 0 Å².